The number of rotatable bonds is 7. The molecule has 1 aliphatic rings. The fourth-order valence-electron chi connectivity index (χ4n) is 3.28. The summed E-state index contributed by atoms with van der Waals surface area (Å²) in [5, 5.41) is 11.5. The molecule has 3 N–H and O–H groups in total. The van der Waals surface area contributed by atoms with Crippen LogP contribution in [0.15, 0.2) is 46.8 Å². The molecule has 0 aliphatic carbocycles. The molecule has 2 amide bonds. The number of benzene rings is 1. The summed E-state index contributed by atoms with van der Waals surface area (Å²) in [6, 6.07) is 11.7. The zero-order valence-corrected chi connectivity index (χ0v) is 18.3. The van der Waals surface area contributed by atoms with E-state index in [1.165, 1.54) is 4.88 Å². The highest BCUT2D eigenvalue weighted by molar-refractivity contribution is 7.09. The minimum atomic E-state index is -0.112. The van der Waals surface area contributed by atoms with E-state index in [2.05, 4.69) is 45.4 Å². The van der Waals surface area contributed by atoms with E-state index in [9.17, 15) is 9.59 Å². The molecule has 1 aromatic carbocycles. The van der Waals surface area contributed by atoms with Crippen molar-refractivity contribution in [3.05, 3.63) is 57.8 Å². The first kappa shape index (κ1) is 21.8. The van der Waals surface area contributed by atoms with E-state index in [4.69, 9.17) is 0 Å². The molecule has 7 nitrogen and oxygen atoms in total. The van der Waals surface area contributed by atoms with Gasteiger partial charge >= 0.3 is 0 Å². The van der Waals surface area contributed by atoms with Gasteiger partial charge < -0.3 is 20.9 Å². The Kier molecular flexibility index (Phi) is 7.84. The second kappa shape index (κ2) is 10.8. The third-order valence-corrected chi connectivity index (χ3v) is 5.86. The van der Waals surface area contributed by atoms with Crippen LogP contribution in [0.3, 0.4) is 0 Å². The average molecular weight is 428 g/mol. The monoisotopic (exact) mass is 427 g/mol. The van der Waals surface area contributed by atoms with E-state index in [0.29, 0.717) is 31.1 Å². The van der Waals surface area contributed by atoms with Crippen molar-refractivity contribution < 1.29 is 9.59 Å². The van der Waals surface area contributed by atoms with Crippen molar-refractivity contribution in [2.45, 2.75) is 19.9 Å². The van der Waals surface area contributed by atoms with E-state index < -0.39 is 0 Å². The van der Waals surface area contributed by atoms with Crippen molar-refractivity contribution in [3.8, 4) is 0 Å². The molecular weight excluding hydrogens is 398 g/mol. The SMILES string of the molecule is CN=C(NCc1ccc(C(=O)N2CCNC(=O)C2)cc1)NCC(C)Cc1cccs1. The van der Waals surface area contributed by atoms with Crippen LogP contribution in [-0.2, 0) is 17.8 Å². The molecular formula is C22H29N5O2S. The van der Waals surface area contributed by atoms with Gasteiger partial charge in [-0.2, -0.15) is 0 Å². The first-order valence-electron chi connectivity index (χ1n) is 10.2. The predicted octanol–water partition coefficient (Wildman–Crippen LogP) is 1.86. The van der Waals surface area contributed by atoms with Crippen molar-refractivity contribution in [2.24, 2.45) is 10.9 Å². The molecule has 30 heavy (non-hydrogen) atoms. The quantitative estimate of drug-likeness (QED) is 0.465. The molecule has 1 saturated heterocycles. The average Bonchev–Trinajstić information content (AvgIpc) is 3.26. The number of carbonyl (C=O) groups excluding carboxylic acids is 2. The topological polar surface area (TPSA) is 85.8 Å². The van der Waals surface area contributed by atoms with E-state index in [-0.39, 0.29) is 18.4 Å². The van der Waals surface area contributed by atoms with Gasteiger partial charge in [0.1, 0.15) is 0 Å². The molecule has 0 spiro atoms. The number of aliphatic imine (C=N–C) groups is 1. The van der Waals surface area contributed by atoms with Crippen LogP contribution in [0, 0.1) is 5.92 Å². The molecule has 1 fully saturated rings. The number of amides is 2. The Morgan fingerprint density at radius 3 is 2.73 bits per heavy atom. The Morgan fingerprint density at radius 1 is 1.27 bits per heavy atom. The number of nitrogens with one attached hydrogen (secondary N) is 3. The molecule has 1 aromatic heterocycles. The lowest BCUT2D eigenvalue weighted by Crippen LogP contribution is -2.49. The van der Waals surface area contributed by atoms with E-state index >= 15 is 0 Å². The molecule has 3 rings (SSSR count). The summed E-state index contributed by atoms with van der Waals surface area (Å²) in [7, 11) is 1.76. The maximum atomic E-state index is 12.5. The molecule has 2 heterocycles. The lowest BCUT2D eigenvalue weighted by molar-refractivity contribution is -0.123. The minimum absolute atomic E-state index is 0.110. The van der Waals surface area contributed by atoms with E-state index in [1.54, 1.807) is 23.3 Å². The smallest absolute Gasteiger partial charge is 0.254 e. The zero-order chi connectivity index (χ0) is 21.3. The van der Waals surface area contributed by atoms with Gasteiger partial charge in [0.2, 0.25) is 5.91 Å². The van der Waals surface area contributed by atoms with Gasteiger partial charge in [0.25, 0.3) is 5.91 Å². The fourth-order valence-corrected chi connectivity index (χ4v) is 4.15. The molecule has 1 aliphatic heterocycles. The summed E-state index contributed by atoms with van der Waals surface area (Å²) in [6.07, 6.45) is 1.05. The Balaban J connectivity index is 1.45. The lowest BCUT2D eigenvalue weighted by Gasteiger charge is -2.26. The summed E-state index contributed by atoms with van der Waals surface area (Å²) >= 11 is 1.79. The van der Waals surface area contributed by atoms with Crippen LogP contribution in [0.4, 0.5) is 0 Å². The van der Waals surface area contributed by atoms with Crippen LogP contribution in [0.25, 0.3) is 0 Å². The molecule has 0 bridgehead atoms. The van der Waals surface area contributed by atoms with Gasteiger partial charge in [-0.15, -0.1) is 11.3 Å². The Morgan fingerprint density at radius 2 is 2.07 bits per heavy atom. The van der Waals surface area contributed by atoms with Gasteiger partial charge in [-0.25, -0.2) is 0 Å². The van der Waals surface area contributed by atoms with Gasteiger partial charge in [0.15, 0.2) is 5.96 Å². The number of thiophene rings is 1. The van der Waals surface area contributed by atoms with Crippen LogP contribution < -0.4 is 16.0 Å². The maximum Gasteiger partial charge on any atom is 0.254 e. The highest BCUT2D eigenvalue weighted by atomic mass is 32.1. The van der Waals surface area contributed by atoms with E-state index in [0.717, 1.165) is 24.5 Å². The first-order chi connectivity index (χ1) is 14.5. The molecule has 8 heteroatoms. The Hall–Kier alpha value is -2.87. The molecule has 0 radical (unpaired) electrons. The highest BCUT2D eigenvalue weighted by Gasteiger charge is 2.22. The maximum absolute atomic E-state index is 12.5. The van der Waals surface area contributed by atoms with Crippen LogP contribution in [-0.4, -0.2) is 55.9 Å². The molecule has 160 valence electrons. The van der Waals surface area contributed by atoms with Crippen LogP contribution in [0.5, 0.6) is 0 Å². The second-order valence-electron chi connectivity index (χ2n) is 7.47. The van der Waals surface area contributed by atoms with Crippen molar-refractivity contribution in [1.82, 2.24) is 20.9 Å². The van der Waals surface area contributed by atoms with Gasteiger partial charge in [0.05, 0.1) is 6.54 Å². The van der Waals surface area contributed by atoms with Crippen molar-refractivity contribution in [1.29, 1.82) is 0 Å². The van der Waals surface area contributed by atoms with Gasteiger partial charge in [-0.3, -0.25) is 14.6 Å². The third kappa shape index (κ3) is 6.32. The van der Waals surface area contributed by atoms with Crippen LogP contribution >= 0.6 is 11.3 Å². The zero-order valence-electron chi connectivity index (χ0n) is 17.5. The summed E-state index contributed by atoms with van der Waals surface area (Å²) in [5.41, 5.74) is 1.65. The third-order valence-electron chi connectivity index (χ3n) is 4.96. The number of guanidine groups is 1. The lowest BCUT2D eigenvalue weighted by atomic mass is 10.1. The molecule has 0 saturated carbocycles. The Labute approximate surface area is 181 Å². The largest absolute Gasteiger partial charge is 0.356 e. The molecule has 1 atom stereocenters. The Bertz CT molecular complexity index is 864. The summed E-state index contributed by atoms with van der Waals surface area (Å²) < 4.78 is 0. The normalized spacial score (nSPS) is 15.5. The number of nitrogens with zero attached hydrogens (tertiary/aromatic N) is 2. The number of carbonyl (C=O) groups is 2. The van der Waals surface area contributed by atoms with Crippen LogP contribution in [0.1, 0.15) is 27.7 Å². The van der Waals surface area contributed by atoms with Crippen molar-refractivity contribution in [2.75, 3.05) is 33.2 Å². The van der Waals surface area contributed by atoms with Gasteiger partial charge in [-0.1, -0.05) is 25.1 Å². The summed E-state index contributed by atoms with van der Waals surface area (Å²) in [5.74, 6) is 1.04. The predicted molar refractivity (Wildman–Crippen MR) is 121 cm³/mol. The highest BCUT2D eigenvalue weighted by Crippen LogP contribution is 2.14. The standard InChI is InChI=1S/C22H29N5O2S/c1-16(12-19-4-3-11-30-19)13-25-22(23-2)26-14-17-5-7-18(8-6-17)21(29)27-10-9-24-20(28)15-27/h3-8,11,16H,9-10,12-15H2,1-2H3,(H,24,28)(H2,23,25,26). The van der Waals surface area contributed by atoms with Gasteiger partial charge in [0, 0.05) is 43.7 Å². The summed E-state index contributed by atoms with van der Waals surface area (Å²) in [4.78, 5) is 31.3. The number of hydrogen-bond acceptors (Lipinski definition) is 4. The van der Waals surface area contributed by atoms with Crippen molar-refractivity contribution >= 4 is 29.1 Å². The summed E-state index contributed by atoms with van der Waals surface area (Å²) in [6.45, 7) is 4.84. The first-order valence-corrected chi connectivity index (χ1v) is 11.0. The number of hydrogen-bond donors (Lipinski definition) is 3. The van der Waals surface area contributed by atoms with Gasteiger partial charge in [-0.05, 0) is 41.5 Å². The van der Waals surface area contributed by atoms with Crippen molar-refractivity contribution in [3.63, 3.8) is 0 Å². The van der Waals surface area contributed by atoms with Crippen LogP contribution in [0.2, 0.25) is 0 Å². The molecule has 2 aromatic rings. The molecule has 1 unspecified atom stereocenters. The van der Waals surface area contributed by atoms with E-state index in [1.807, 2.05) is 24.3 Å². The second-order valence-corrected chi connectivity index (χ2v) is 8.50. The fraction of sp³-hybridized carbons (Fsp3) is 0.409. The number of piperazine rings is 1. The minimum Gasteiger partial charge on any atom is -0.356 e.